The van der Waals surface area contributed by atoms with Crippen molar-refractivity contribution in [3.8, 4) is 0 Å². The van der Waals surface area contributed by atoms with E-state index in [4.69, 9.17) is 0 Å². The fourth-order valence-corrected chi connectivity index (χ4v) is 3.58. The van der Waals surface area contributed by atoms with E-state index >= 15 is 0 Å². The van der Waals surface area contributed by atoms with Crippen LogP contribution in [0.4, 0.5) is 0 Å². The summed E-state index contributed by atoms with van der Waals surface area (Å²) in [5, 5.41) is 16.0. The minimum Gasteiger partial charge on any atom is -0.388 e. The Labute approximate surface area is 136 Å². The van der Waals surface area contributed by atoms with E-state index in [1.165, 1.54) is 5.56 Å². The Hall–Kier alpha value is -1.88. The van der Waals surface area contributed by atoms with Crippen molar-refractivity contribution in [3.05, 3.63) is 35.4 Å². The SMILES string of the molecule is O=C(NCC1(O)CCc2ccccc2C1)C(=O)NC1CCCC1. The largest absolute Gasteiger partial charge is 0.388 e. The topological polar surface area (TPSA) is 78.4 Å². The molecule has 2 aliphatic carbocycles. The van der Waals surface area contributed by atoms with Crippen LogP contribution in [0.2, 0.25) is 0 Å². The van der Waals surface area contributed by atoms with Crippen molar-refractivity contribution >= 4 is 11.8 Å². The van der Waals surface area contributed by atoms with Gasteiger partial charge in [0.15, 0.2) is 0 Å². The minimum absolute atomic E-state index is 0.109. The maximum absolute atomic E-state index is 11.9. The lowest BCUT2D eigenvalue weighted by Gasteiger charge is -2.33. The highest BCUT2D eigenvalue weighted by Gasteiger charge is 2.33. The first kappa shape index (κ1) is 16.0. The predicted molar refractivity (Wildman–Crippen MR) is 86.8 cm³/mol. The number of fused-ring (bicyclic) bond motifs is 1. The molecule has 124 valence electrons. The summed E-state index contributed by atoms with van der Waals surface area (Å²) in [5.41, 5.74) is 1.39. The number of nitrogens with one attached hydrogen (secondary N) is 2. The standard InChI is InChI=1S/C18H24N2O3/c21-16(17(22)20-15-7-3-4-8-15)19-12-18(23)10-9-13-5-1-2-6-14(13)11-18/h1-2,5-6,15,23H,3-4,7-12H2,(H,19,21)(H,20,22). The van der Waals surface area contributed by atoms with E-state index in [1.54, 1.807) is 0 Å². The van der Waals surface area contributed by atoms with Gasteiger partial charge in [-0.05, 0) is 36.8 Å². The molecule has 2 amide bonds. The lowest BCUT2D eigenvalue weighted by molar-refractivity contribution is -0.140. The first-order valence-corrected chi connectivity index (χ1v) is 8.44. The maximum Gasteiger partial charge on any atom is 0.309 e. The average molecular weight is 316 g/mol. The second-order valence-electron chi connectivity index (χ2n) is 6.81. The Bertz CT molecular complexity index is 596. The van der Waals surface area contributed by atoms with Crippen LogP contribution in [0.25, 0.3) is 0 Å². The Morgan fingerprint density at radius 2 is 1.83 bits per heavy atom. The predicted octanol–water partition coefficient (Wildman–Crippen LogP) is 1.08. The molecule has 0 aromatic heterocycles. The molecule has 1 fully saturated rings. The van der Waals surface area contributed by atoms with Crippen LogP contribution in [0.5, 0.6) is 0 Å². The van der Waals surface area contributed by atoms with Crippen LogP contribution in [0.3, 0.4) is 0 Å². The number of amides is 2. The molecule has 2 aliphatic rings. The molecule has 23 heavy (non-hydrogen) atoms. The highest BCUT2D eigenvalue weighted by Crippen LogP contribution is 2.28. The zero-order valence-corrected chi connectivity index (χ0v) is 13.3. The number of aliphatic hydroxyl groups is 1. The lowest BCUT2D eigenvalue weighted by Crippen LogP contribution is -2.51. The molecule has 0 aliphatic heterocycles. The van der Waals surface area contributed by atoms with Gasteiger partial charge in [-0.2, -0.15) is 0 Å². The highest BCUT2D eigenvalue weighted by molar-refractivity contribution is 6.35. The van der Waals surface area contributed by atoms with Crippen LogP contribution in [0, 0.1) is 0 Å². The molecular weight excluding hydrogens is 292 g/mol. The van der Waals surface area contributed by atoms with Crippen molar-refractivity contribution in [2.24, 2.45) is 0 Å². The molecule has 0 radical (unpaired) electrons. The van der Waals surface area contributed by atoms with Crippen molar-refractivity contribution in [3.63, 3.8) is 0 Å². The molecule has 5 nitrogen and oxygen atoms in total. The van der Waals surface area contributed by atoms with Gasteiger partial charge < -0.3 is 15.7 Å². The van der Waals surface area contributed by atoms with Crippen molar-refractivity contribution in [1.82, 2.24) is 10.6 Å². The molecule has 3 N–H and O–H groups in total. The Morgan fingerprint density at radius 3 is 2.57 bits per heavy atom. The first-order valence-electron chi connectivity index (χ1n) is 8.44. The quantitative estimate of drug-likeness (QED) is 0.730. The number of rotatable bonds is 3. The number of benzene rings is 1. The smallest absolute Gasteiger partial charge is 0.309 e. The van der Waals surface area contributed by atoms with Crippen LogP contribution < -0.4 is 10.6 Å². The second-order valence-corrected chi connectivity index (χ2v) is 6.81. The van der Waals surface area contributed by atoms with E-state index in [0.717, 1.165) is 37.7 Å². The van der Waals surface area contributed by atoms with E-state index in [9.17, 15) is 14.7 Å². The van der Waals surface area contributed by atoms with Crippen LogP contribution >= 0.6 is 0 Å². The van der Waals surface area contributed by atoms with Gasteiger partial charge in [0.05, 0.1) is 5.60 Å². The number of aryl methyl sites for hydroxylation is 1. The van der Waals surface area contributed by atoms with Crippen LogP contribution in [0.15, 0.2) is 24.3 Å². The van der Waals surface area contributed by atoms with Crippen molar-refractivity contribution < 1.29 is 14.7 Å². The third kappa shape index (κ3) is 3.91. The van der Waals surface area contributed by atoms with Gasteiger partial charge in [-0.1, -0.05) is 37.1 Å². The summed E-state index contributed by atoms with van der Waals surface area (Å²) < 4.78 is 0. The first-order chi connectivity index (χ1) is 11.1. The summed E-state index contributed by atoms with van der Waals surface area (Å²) in [7, 11) is 0. The monoisotopic (exact) mass is 316 g/mol. The normalized spacial score (nSPS) is 24.0. The molecule has 0 bridgehead atoms. The summed E-state index contributed by atoms with van der Waals surface area (Å²) in [6.45, 7) is 0.109. The van der Waals surface area contributed by atoms with Crippen molar-refractivity contribution in [2.75, 3.05) is 6.54 Å². The summed E-state index contributed by atoms with van der Waals surface area (Å²) in [5.74, 6) is -1.24. The molecule has 3 rings (SSSR count). The summed E-state index contributed by atoms with van der Waals surface area (Å²) >= 11 is 0. The van der Waals surface area contributed by atoms with Crippen molar-refractivity contribution in [1.29, 1.82) is 0 Å². The molecular formula is C18H24N2O3. The van der Waals surface area contributed by atoms with E-state index in [1.807, 2.05) is 18.2 Å². The van der Waals surface area contributed by atoms with Gasteiger partial charge in [-0.15, -0.1) is 0 Å². The molecule has 1 aromatic carbocycles. The Morgan fingerprint density at radius 1 is 1.13 bits per heavy atom. The van der Waals surface area contributed by atoms with Crippen LogP contribution in [-0.2, 0) is 22.4 Å². The van der Waals surface area contributed by atoms with Gasteiger partial charge in [0.25, 0.3) is 0 Å². The van der Waals surface area contributed by atoms with E-state index in [0.29, 0.717) is 12.8 Å². The van der Waals surface area contributed by atoms with Gasteiger partial charge >= 0.3 is 11.8 Å². The third-order valence-electron chi connectivity index (χ3n) is 4.97. The molecule has 0 spiro atoms. The number of hydrogen-bond donors (Lipinski definition) is 3. The van der Waals surface area contributed by atoms with Gasteiger partial charge in [-0.3, -0.25) is 9.59 Å². The van der Waals surface area contributed by atoms with Gasteiger partial charge in [0, 0.05) is 19.0 Å². The fourth-order valence-electron chi connectivity index (χ4n) is 3.58. The lowest BCUT2D eigenvalue weighted by atomic mass is 9.80. The number of hydrogen-bond acceptors (Lipinski definition) is 3. The van der Waals surface area contributed by atoms with E-state index in [2.05, 4.69) is 16.7 Å². The zero-order chi connectivity index (χ0) is 16.3. The molecule has 5 heteroatoms. The zero-order valence-electron chi connectivity index (χ0n) is 13.3. The molecule has 1 saturated carbocycles. The van der Waals surface area contributed by atoms with Gasteiger partial charge in [0.2, 0.25) is 0 Å². The van der Waals surface area contributed by atoms with E-state index in [-0.39, 0.29) is 12.6 Å². The number of carbonyl (C=O) groups excluding carboxylic acids is 2. The van der Waals surface area contributed by atoms with Gasteiger partial charge in [0.1, 0.15) is 0 Å². The molecule has 1 aromatic rings. The van der Waals surface area contributed by atoms with E-state index < -0.39 is 17.4 Å². The molecule has 0 saturated heterocycles. The van der Waals surface area contributed by atoms with Gasteiger partial charge in [-0.25, -0.2) is 0 Å². The average Bonchev–Trinajstić information content (AvgIpc) is 3.05. The summed E-state index contributed by atoms with van der Waals surface area (Å²) in [4.78, 5) is 23.8. The number of carbonyl (C=O) groups is 2. The van der Waals surface area contributed by atoms with Crippen molar-refractivity contribution in [2.45, 2.75) is 56.6 Å². The maximum atomic E-state index is 11.9. The summed E-state index contributed by atoms with van der Waals surface area (Å²) in [6.07, 6.45) is 5.98. The molecule has 1 atom stereocenters. The minimum atomic E-state index is -0.975. The highest BCUT2D eigenvalue weighted by atomic mass is 16.3. The Kier molecular flexibility index (Phi) is 4.66. The molecule has 0 heterocycles. The van der Waals surface area contributed by atoms with Crippen LogP contribution in [-0.4, -0.2) is 35.1 Å². The van der Waals surface area contributed by atoms with Crippen LogP contribution in [0.1, 0.15) is 43.2 Å². The fraction of sp³-hybridized carbons (Fsp3) is 0.556. The second kappa shape index (κ2) is 6.71. The summed E-state index contributed by atoms with van der Waals surface area (Å²) in [6, 6.07) is 8.16. The Balaban J connectivity index is 1.51. The molecule has 1 unspecified atom stereocenters. The third-order valence-corrected chi connectivity index (χ3v) is 4.97.